The van der Waals surface area contributed by atoms with Crippen LogP contribution in [0.5, 0.6) is 0 Å². The van der Waals surface area contributed by atoms with Crippen molar-refractivity contribution < 1.29 is 4.79 Å². The Morgan fingerprint density at radius 2 is 1.93 bits per heavy atom. The third kappa shape index (κ3) is 2.71. The number of ketones is 1. The summed E-state index contributed by atoms with van der Waals surface area (Å²) in [5.74, 6) is 0.613. The van der Waals surface area contributed by atoms with Gasteiger partial charge in [0.25, 0.3) is 0 Å². The lowest BCUT2D eigenvalue weighted by atomic mass is 9.86. The Balaban J connectivity index is 2.12. The molecule has 1 saturated carbocycles. The zero-order chi connectivity index (χ0) is 10.8. The average Bonchev–Trinajstić information content (AvgIpc) is 2.59. The molecule has 0 atom stereocenters. The van der Waals surface area contributed by atoms with Gasteiger partial charge in [-0.25, -0.2) is 0 Å². The van der Waals surface area contributed by atoms with Crippen LogP contribution in [0.15, 0.2) is 14.3 Å². The first-order chi connectivity index (χ1) is 7.18. The largest absolute Gasteiger partial charge is 0.293 e. The van der Waals surface area contributed by atoms with E-state index in [1.54, 1.807) is 0 Å². The van der Waals surface area contributed by atoms with Gasteiger partial charge in [0.1, 0.15) is 0 Å². The van der Waals surface area contributed by atoms with Gasteiger partial charge in [-0.15, -0.1) is 11.3 Å². The van der Waals surface area contributed by atoms with Crippen molar-refractivity contribution in [2.45, 2.75) is 32.1 Å². The molecule has 0 aliphatic heterocycles. The molecule has 1 fully saturated rings. The molecule has 0 amide bonds. The monoisotopic (exact) mass is 350 g/mol. The number of carbonyl (C=O) groups is 1. The maximum absolute atomic E-state index is 12.1. The first-order valence-corrected chi connectivity index (χ1v) is 7.58. The lowest BCUT2D eigenvalue weighted by Gasteiger charge is -2.19. The van der Waals surface area contributed by atoms with Crippen molar-refractivity contribution >= 4 is 49.0 Å². The summed E-state index contributed by atoms with van der Waals surface area (Å²) in [7, 11) is 0. The van der Waals surface area contributed by atoms with Crippen LogP contribution < -0.4 is 0 Å². The molecule has 1 aliphatic carbocycles. The van der Waals surface area contributed by atoms with Crippen LogP contribution in [0.3, 0.4) is 0 Å². The minimum atomic E-state index is 0.274. The molecule has 1 aromatic rings. The summed E-state index contributed by atoms with van der Waals surface area (Å²) in [6.45, 7) is 0. The molecule has 1 aliphatic rings. The summed E-state index contributed by atoms with van der Waals surface area (Å²) in [4.78, 5) is 13.0. The minimum absolute atomic E-state index is 0.274. The maximum atomic E-state index is 12.1. The van der Waals surface area contributed by atoms with Crippen LogP contribution in [-0.4, -0.2) is 5.78 Å². The molecular formula is C11H12Br2OS. The molecule has 0 N–H and O–H groups in total. The van der Waals surface area contributed by atoms with E-state index in [4.69, 9.17) is 0 Å². The van der Waals surface area contributed by atoms with Crippen molar-refractivity contribution in [2.24, 2.45) is 5.92 Å². The van der Waals surface area contributed by atoms with Crippen molar-refractivity contribution in [2.75, 3.05) is 0 Å². The third-order valence-electron chi connectivity index (χ3n) is 2.86. The van der Waals surface area contributed by atoms with E-state index < -0.39 is 0 Å². The molecule has 82 valence electrons. The maximum Gasteiger partial charge on any atom is 0.175 e. The zero-order valence-corrected chi connectivity index (χ0v) is 12.3. The van der Waals surface area contributed by atoms with E-state index >= 15 is 0 Å². The molecule has 0 spiro atoms. The number of Topliss-reactive ketones (excluding diaryl/α,β-unsaturated/α-hetero) is 1. The summed E-state index contributed by atoms with van der Waals surface area (Å²) in [6, 6.07) is 1.94. The smallest absolute Gasteiger partial charge is 0.175 e. The second kappa shape index (κ2) is 5.11. The Morgan fingerprint density at radius 1 is 1.27 bits per heavy atom. The van der Waals surface area contributed by atoms with E-state index in [2.05, 4.69) is 31.9 Å². The number of rotatable bonds is 2. The van der Waals surface area contributed by atoms with Gasteiger partial charge in [-0.1, -0.05) is 19.3 Å². The highest BCUT2D eigenvalue weighted by molar-refractivity contribution is 9.13. The Labute approximate surface area is 111 Å². The van der Waals surface area contributed by atoms with Gasteiger partial charge in [-0.05, 0) is 50.8 Å². The molecular weight excluding hydrogens is 340 g/mol. The number of carbonyl (C=O) groups excluding carboxylic acids is 1. The molecule has 0 aromatic carbocycles. The fourth-order valence-electron chi connectivity index (χ4n) is 2.03. The summed E-state index contributed by atoms with van der Waals surface area (Å²) < 4.78 is 2.01. The molecule has 2 rings (SSSR count). The highest BCUT2D eigenvalue weighted by Gasteiger charge is 2.24. The minimum Gasteiger partial charge on any atom is -0.293 e. The lowest BCUT2D eigenvalue weighted by molar-refractivity contribution is 0.0894. The summed E-state index contributed by atoms with van der Waals surface area (Å²) in [6.07, 6.45) is 5.87. The van der Waals surface area contributed by atoms with Gasteiger partial charge in [0, 0.05) is 10.4 Å². The quantitative estimate of drug-likeness (QED) is 0.682. The Hall–Kier alpha value is 0.330. The van der Waals surface area contributed by atoms with Crippen molar-refractivity contribution in [3.05, 3.63) is 19.2 Å². The lowest BCUT2D eigenvalue weighted by Crippen LogP contribution is -2.16. The van der Waals surface area contributed by atoms with Gasteiger partial charge in [-0.2, -0.15) is 0 Å². The highest BCUT2D eigenvalue weighted by Crippen LogP contribution is 2.35. The van der Waals surface area contributed by atoms with Crippen molar-refractivity contribution in [3.63, 3.8) is 0 Å². The van der Waals surface area contributed by atoms with Crippen LogP contribution in [0.1, 0.15) is 41.8 Å². The van der Waals surface area contributed by atoms with Crippen molar-refractivity contribution in [3.8, 4) is 0 Å². The van der Waals surface area contributed by atoms with E-state index in [1.165, 1.54) is 30.6 Å². The number of thiophene rings is 1. The van der Waals surface area contributed by atoms with E-state index in [0.717, 1.165) is 26.0 Å². The third-order valence-corrected chi connectivity index (χ3v) is 6.13. The van der Waals surface area contributed by atoms with Crippen LogP contribution in [0, 0.1) is 5.92 Å². The standard InChI is InChI=1S/C11H12Br2OS/c12-8-6-9(15-11(8)13)10(14)7-4-2-1-3-5-7/h6-7H,1-5H2. The number of hydrogen-bond acceptors (Lipinski definition) is 2. The second-order valence-corrected chi connectivity index (χ2v) is 7.16. The Morgan fingerprint density at radius 3 is 2.47 bits per heavy atom. The molecule has 0 radical (unpaired) electrons. The van der Waals surface area contributed by atoms with Gasteiger partial charge in [0.2, 0.25) is 0 Å². The molecule has 0 saturated heterocycles. The predicted molar refractivity (Wildman–Crippen MR) is 70.6 cm³/mol. The normalized spacial score (nSPS) is 18.0. The van der Waals surface area contributed by atoms with Gasteiger partial charge >= 0.3 is 0 Å². The van der Waals surface area contributed by atoms with E-state index in [9.17, 15) is 4.79 Å². The van der Waals surface area contributed by atoms with Gasteiger partial charge in [0.15, 0.2) is 5.78 Å². The summed E-state index contributed by atoms with van der Waals surface area (Å²) in [5.41, 5.74) is 0. The Kier molecular flexibility index (Phi) is 4.02. The van der Waals surface area contributed by atoms with Crippen LogP contribution in [0.25, 0.3) is 0 Å². The average molecular weight is 352 g/mol. The molecule has 15 heavy (non-hydrogen) atoms. The van der Waals surface area contributed by atoms with Crippen molar-refractivity contribution in [1.82, 2.24) is 0 Å². The number of halogens is 2. The van der Waals surface area contributed by atoms with Crippen molar-refractivity contribution in [1.29, 1.82) is 0 Å². The molecule has 1 nitrogen and oxygen atoms in total. The fourth-order valence-corrected chi connectivity index (χ4v) is 4.09. The van der Waals surface area contributed by atoms with E-state index in [1.807, 2.05) is 6.07 Å². The van der Waals surface area contributed by atoms with E-state index in [0.29, 0.717) is 5.78 Å². The zero-order valence-electron chi connectivity index (χ0n) is 8.26. The van der Waals surface area contributed by atoms with Gasteiger partial charge < -0.3 is 0 Å². The fraction of sp³-hybridized carbons (Fsp3) is 0.545. The van der Waals surface area contributed by atoms with Crippen LogP contribution in [0.2, 0.25) is 0 Å². The first kappa shape index (κ1) is 11.8. The second-order valence-electron chi connectivity index (χ2n) is 3.93. The molecule has 1 heterocycles. The molecule has 0 unspecified atom stereocenters. The van der Waals surface area contributed by atoms with Gasteiger partial charge in [0.05, 0.1) is 8.66 Å². The molecule has 4 heteroatoms. The molecule has 1 aromatic heterocycles. The first-order valence-electron chi connectivity index (χ1n) is 5.17. The Bertz CT molecular complexity index is 347. The molecule has 0 bridgehead atoms. The highest BCUT2D eigenvalue weighted by atomic mass is 79.9. The summed E-state index contributed by atoms with van der Waals surface area (Å²) in [5, 5.41) is 0. The van der Waals surface area contributed by atoms with Crippen LogP contribution in [-0.2, 0) is 0 Å². The topological polar surface area (TPSA) is 17.1 Å². The van der Waals surface area contributed by atoms with Crippen LogP contribution in [0.4, 0.5) is 0 Å². The number of hydrogen-bond donors (Lipinski definition) is 0. The van der Waals surface area contributed by atoms with E-state index in [-0.39, 0.29) is 5.92 Å². The SMILES string of the molecule is O=C(c1cc(Br)c(Br)s1)C1CCCCC1. The van der Waals surface area contributed by atoms with Gasteiger partial charge in [-0.3, -0.25) is 4.79 Å². The van der Waals surface area contributed by atoms with Crippen LogP contribution >= 0.6 is 43.2 Å². The predicted octanol–water partition coefficient (Wildman–Crippen LogP) is 5.04. The summed E-state index contributed by atoms with van der Waals surface area (Å²) >= 11 is 8.38.